The van der Waals surface area contributed by atoms with Crippen molar-refractivity contribution in [3.8, 4) is 0 Å². The summed E-state index contributed by atoms with van der Waals surface area (Å²) in [5.74, 6) is -0.190. The summed E-state index contributed by atoms with van der Waals surface area (Å²) >= 11 is 0. The highest BCUT2D eigenvalue weighted by atomic mass is 16.5. The number of hydrogen-bond acceptors (Lipinski definition) is 4. The smallest absolute Gasteiger partial charge is 0.274 e. The van der Waals surface area contributed by atoms with Crippen molar-refractivity contribution in [1.29, 1.82) is 0 Å². The molecule has 0 radical (unpaired) electrons. The van der Waals surface area contributed by atoms with Crippen molar-refractivity contribution >= 4 is 17.3 Å². The lowest BCUT2D eigenvalue weighted by atomic mass is 10.1. The molecule has 1 aliphatic rings. The van der Waals surface area contributed by atoms with Crippen molar-refractivity contribution in [3.63, 3.8) is 0 Å². The van der Waals surface area contributed by atoms with Crippen molar-refractivity contribution in [1.82, 2.24) is 4.98 Å². The molecule has 1 saturated heterocycles. The van der Waals surface area contributed by atoms with Gasteiger partial charge in [0.2, 0.25) is 0 Å². The molecule has 132 valence electrons. The van der Waals surface area contributed by atoms with Crippen LogP contribution in [0.25, 0.3) is 0 Å². The van der Waals surface area contributed by atoms with Gasteiger partial charge in [-0.2, -0.15) is 0 Å². The number of para-hydroxylation sites is 1. The number of rotatable bonds is 6. The van der Waals surface area contributed by atoms with Crippen LogP contribution < -0.4 is 10.6 Å². The van der Waals surface area contributed by atoms with Crippen LogP contribution in [0.2, 0.25) is 0 Å². The Balaban J connectivity index is 1.69. The lowest BCUT2D eigenvalue weighted by Crippen LogP contribution is -2.19. The molecule has 1 unspecified atom stereocenters. The van der Waals surface area contributed by atoms with Crippen LogP contribution in [0.4, 0.5) is 11.4 Å². The standard InChI is InChI=1S/C20H25N3O2/c1-3-15-7-4-6-14(2)19(15)23-20(24)18-12-16(9-10-21-18)22-13-17-8-5-11-25-17/h4,6-7,9-10,12,17H,3,5,8,11,13H2,1-2H3,(H,21,22)(H,23,24). The molecule has 0 spiro atoms. The molecule has 2 N–H and O–H groups in total. The van der Waals surface area contributed by atoms with E-state index in [1.54, 1.807) is 12.3 Å². The molecule has 25 heavy (non-hydrogen) atoms. The number of nitrogens with zero attached hydrogens (tertiary/aromatic N) is 1. The van der Waals surface area contributed by atoms with Gasteiger partial charge in [-0.1, -0.05) is 25.1 Å². The highest BCUT2D eigenvalue weighted by molar-refractivity contribution is 6.04. The maximum atomic E-state index is 12.6. The number of aryl methyl sites for hydroxylation is 2. The number of aromatic nitrogens is 1. The van der Waals surface area contributed by atoms with Crippen molar-refractivity contribution in [2.24, 2.45) is 0 Å². The van der Waals surface area contributed by atoms with Gasteiger partial charge in [0.15, 0.2) is 0 Å². The second-order valence-electron chi connectivity index (χ2n) is 6.36. The predicted molar refractivity (Wildman–Crippen MR) is 100 cm³/mol. The van der Waals surface area contributed by atoms with Gasteiger partial charge in [-0.05, 0) is 49.4 Å². The molecule has 1 amide bonds. The summed E-state index contributed by atoms with van der Waals surface area (Å²) in [6, 6.07) is 9.71. The van der Waals surface area contributed by atoms with Crippen LogP contribution in [-0.4, -0.2) is 30.1 Å². The Morgan fingerprint density at radius 2 is 2.24 bits per heavy atom. The van der Waals surface area contributed by atoms with Gasteiger partial charge in [-0.25, -0.2) is 0 Å². The average Bonchev–Trinajstić information content (AvgIpc) is 3.15. The van der Waals surface area contributed by atoms with Crippen molar-refractivity contribution in [2.75, 3.05) is 23.8 Å². The first-order valence-corrected chi connectivity index (χ1v) is 8.88. The number of pyridine rings is 1. The van der Waals surface area contributed by atoms with Gasteiger partial charge in [0.05, 0.1) is 6.10 Å². The van der Waals surface area contributed by atoms with Crippen LogP contribution in [0.15, 0.2) is 36.5 Å². The van der Waals surface area contributed by atoms with Crippen LogP contribution in [-0.2, 0) is 11.2 Å². The highest BCUT2D eigenvalue weighted by Gasteiger charge is 2.16. The first-order valence-electron chi connectivity index (χ1n) is 8.88. The van der Waals surface area contributed by atoms with E-state index < -0.39 is 0 Å². The third-order valence-corrected chi connectivity index (χ3v) is 4.53. The monoisotopic (exact) mass is 339 g/mol. The second kappa shape index (κ2) is 8.12. The molecular weight excluding hydrogens is 314 g/mol. The fourth-order valence-corrected chi connectivity index (χ4v) is 3.08. The van der Waals surface area contributed by atoms with Gasteiger partial charge < -0.3 is 15.4 Å². The van der Waals surface area contributed by atoms with Crippen molar-refractivity contribution < 1.29 is 9.53 Å². The summed E-state index contributed by atoms with van der Waals surface area (Å²) in [5.41, 5.74) is 4.36. The van der Waals surface area contributed by atoms with E-state index in [9.17, 15) is 4.79 Å². The molecule has 0 saturated carbocycles. The van der Waals surface area contributed by atoms with E-state index in [1.165, 1.54) is 0 Å². The van der Waals surface area contributed by atoms with E-state index in [0.717, 1.165) is 54.9 Å². The van der Waals surface area contributed by atoms with Crippen LogP contribution in [0, 0.1) is 6.92 Å². The molecule has 3 rings (SSSR count). The van der Waals surface area contributed by atoms with E-state index in [2.05, 4.69) is 22.5 Å². The lowest BCUT2D eigenvalue weighted by molar-refractivity contribution is 0.102. The summed E-state index contributed by atoms with van der Waals surface area (Å²) < 4.78 is 5.61. The van der Waals surface area contributed by atoms with Gasteiger partial charge in [0, 0.05) is 30.7 Å². The third kappa shape index (κ3) is 4.37. The van der Waals surface area contributed by atoms with Crippen molar-refractivity contribution in [3.05, 3.63) is 53.3 Å². The zero-order chi connectivity index (χ0) is 17.6. The van der Waals surface area contributed by atoms with Crippen LogP contribution >= 0.6 is 0 Å². The molecule has 5 heteroatoms. The number of ether oxygens (including phenoxy) is 1. The summed E-state index contributed by atoms with van der Waals surface area (Å²) in [6.45, 7) is 5.68. The molecule has 5 nitrogen and oxygen atoms in total. The fourth-order valence-electron chi connectivity index (χ4n) is 3.08. The average molecular weight is 339 g/mol. The number of hydrogen-bond donors (Lipinski definition) is 2. The quantitative estimate of drug-likeness (QED) is 0.840. The molecule has 1 aliphatic heterocycles. The summed E-state index contributed by atoms with van der Waals surface area (Å²) in [5, 5.41) is 6.35. The lowest BCUT2D eigenvalue weighted by Gasteiger charge is -2.14. The van der Waals surface area contributed by atoms with Gasteiger partial charge in [-0.15, -0.1) is 0 Å². The molecule has 2 heterocycles. The topological polar surface area (TPSA) is 63.2 Å². The fraction of sp³-hybridized carbons (Fsp3) is 0.400. The van der Waals surface area contributed by atoms with E-state index in [-0.39, 0.29) is 12.0 Å². The second-order valence-corrected chi connectivity index (χ2v) is 6.36. The minimum Gasteiger partial charge on any atom is -0.382 e. The Hall–Kier alpha value is -2.40. The van der Waals surface area contributed by atoms with E-state index in [4.69, 9.17) is 4.74 Å². The molecule has 0 bridgehead atoms. The molecule has 1 aromatic heterocycles. The summed E-state index contributed by atoms with van der Waals surface area (Å²) in [7, 11) is 0. The Morgan fingerprint density at radius 3 is 3.00 bits per heavy atom. The predicted octanol–water partition coefficient (Wildman–Crippen LogP) is 3.80. The number of amides is 1. The zero-order valence-electron chi connectivity index (χ0n) is 14.8. The van der Waals surface area contributed by atoms with Crippen LogP contribution in [0.1, 0.15) is 41.4 Å². The number of benzene rings is 1. The molecule has 1 fully saturated rings. The molecule has 0 aliphatic carbocycles. The van der Waals surface area contributed by atoms with Crippen molar-refractivity contribution in [2.45, 2.75) is 39.2 Å². The number of nitrogens with one attached hydrogen (secondary N) is 2. The minimum atomic E-state index is -0.190. The Morgan fingerprint density at radius 1 is 1.36 bits per heavy atom. The van der Waals surface area contributed by atoms with E-state index in [1.807, 2.05) is 31.2 Å². The minimum absolute atomic E-state index is 0.190. The first kappa shape index (κ1) is 17.4. The Labute approximate surface area is 148 Å². The zero-order valence-corrected chi connectivity index (χ0v) is 14.8. The summed E-state index contributed by atoms with van der Waals surface area (Å²) in [4.78, 5) is 16.8. The summed E-state index contributed by atoms with van der Waals surface area (Å²) in [6.07, 6.45) is 4.98. The van der Waals surface area contributed by atoms with Gasteiger partial charge in [0.1, 0.15) is 5.69 Å². The SMILES string of the molecule is CCc1cccc(C)c1NC(=O)c1cc(NCC2CCCO2)ccn1. The molecule has 1 atom stereocenters. The van der Waals surface area contributed by atoms with Crippen LogP contribution in [0.3, 0.4) is 0 Å². The van der Waals surface area contributed by atoms with Gasteiger partial charge in [-0.3, -0.25) is 9.78 Å². The Bertz CT molecular complexity index is 739. The van der Waals surface area contributed by atoms with Crippen LogP contribution in [0.5, 0.6) is 0 Å². The third-order valence-electron chi connectivity index (χ3n) is 4.53. The number of carbonyl (C=O) groups is 1. The normalized spacial score (nSPS) is 16.6. The largest absolute Gasteiger partial charge is 0.382 e. The number of carbonyl (C=O) groups excluding carboxylic acids is 1. The highest BCUT2D eigenvalue weighted by Crippen LogP contribution is 2.22. The maximum absolute atomic E-state index is 12.6. The van der Waals surface area contributed by atoms with E-state index >= 15 is 0 Å². The first-order chi connectivity index (χ1) is 12.2. The molecule has 2 aromatic rings. The maximum Gasteiger partial charge on any atom is 0.274 e. The molecule has 1 aromatic carbocycles. The molecular formula is C20H25N3O2. The Kier molecular flexibility index (Phi) is 5.66. The van der Waals surface area contributed by atoms with Gasteiger partial charge in [0.25, 0.3) is 5.91 Å². The van der Waals surface area contributed by atoms with E-state index in [0.29, 0.717) is 5.69 Å². The van der Waals surface area contributed by atoms with Gasteiger partial charge >= 0.3 is 0 Å². The number of anilines is 2.